The van der Waals surface area contributed by atoms with Crippen molar-refractivity contribution in [1.29, 1.82) is 0 Å². The van der Waals surface area contributed by atoms with Gasteiger partial charge in [-0.1, -0.05) is 0 Å². The maximum Gasteiger partial charge on any atom is 0.201 e. The number of imidazole rings is 1. The number of aryl methyl sites for hydroxylation is 1. The van der Waals surface area contributed by atoms with E-state index >= 15 is 0 Å². The molecule has 1 unspecified atom stereocenters. The monoisotopic (exact) mass is 273 g/mol. The van der Waals surface area contributed by atoms with Crippen LogP contribution in [-0.2, 0) is 0 Å². The van der Waals surface area contributed by atoms with Crippen LogP contribution >= 0.6 is 11.3 Å². The molecule has 2 heterocycles. The van der Waals surface area contributed by atoms with Crippen LogP contribution in [0.25, 0.3) is 11.0 Å². The largest absolute Gasteiger partial charge is 0.399 e. The number of nitrogens with zero attached hydrogens (tertiary/aromatic N) is 2. The Hall–Kier alpha value is -2.08. The lowest BCUT2D eigenvalue weighted by molar-refractivity contribution is 0.850. The molecule has 0 aliphatic rings. The Morgan fingerprint density at radius 3 is 2.95 bits per heavy atom. The Labute approximate surface area is 114 Å². The fourth-order valence-electron chi connectivity index (χ4n) is 1.93. The third-order valence-electron chi connectivity index (χ3n) is 2.87. The first kappa shape index (κ1) is 12.0. The van der Waals surface area contributed by atoms with E-state index < -0.39 is 0 Å². The van der Waals surface area contributed by atoms with Crippen molar-refractivity contribution in [3.63, 3.8) is 0 Å². The van der Waals surface area contributed by atoms with Crippen molar-refractivity contribution < 1.29 is 0 Å². The molecule has 4 N–H and O–H groups in total. The minimum Gasteiger partial charge on any atom is -0.399 e. The average Bonchev–Trinajstić information content (AvgIpc) is 2.94. The Morgan fingerprint density at radius 2 is 2.21 bits per heavy atom. The van der Waals surface area contributed by atoms with Crippen LogP contribution in [0.4, 0.5) is 11.6 Å². The number of hydrogen-bond donors (Lipinski definition) is 3. The van der Waals surface area contributed by atoms with Gasteiger partial charge in [0.05, 0.1) is 17.1 Å². The molecular formula is C13H15N5S. The number of H-pyrrole nitrogens is 1. The predicted octanol–water partition coefficient (Wildman–Crippen LogP) is 3.08. The van der Waals surface area contributed by atoms with Gasteiger partial charge in [0.15, 0.2) is 0 Å². The van der Waals surface area contributed by atoms with Gasteiger partial charge in [-0.15, -0.1) is 11.3 Å². The highest BCUT2D eigenvalue weighted by Crippen LogP contribution is 2.23. The number of nitrogens with two attached hydrogens (primary N) is 1. The van der Waals surface area contributed by atoms with Crippen molar-refractivity contribution in [3.8, 4) is 0 Å². The van der Waals surface area contributed by atoms with Crippen LogP contribution in [0, 0.1) is 6.92 Å². The first-order valence-electron chi connectivity index (χ1n) is 6.05. The average molecular weight is 273 g/mol. The quantitative estimate of drug-likeness (QED) is 0.641. The molecular weight excluding hydrogens is 258 g/mol. The molecule has 3 rings (SSSR count). The summed E-state index contributed by atoms with van der Waals surface area (Å²) >= 11 is 1.65. The van der Waals surface area contributed by atoms with Gasteiger partial charge in [0.2, 0.25) is 5.95 Å². The molecule has 0 saturated carbocycles. The van der Waals surface area contributed by atoms with Crippen LogP contribution < -0.4 is 11.1 Å². The first-order chi connectivity index (χ1) is 9.11. The number of nitrogens with one attached hydrogen (secondary N) is 2. The fourth-order valence-corrected chi connectivity index (χ4v) is 2.74. The standard InChI is InChI=1S/C13H15N5S/c1-7-6-19-12(15-7)8(2)16-13-17-10-4-3-9(14)5-11(10)18-13/h3-6,8H,14H2,1-2H3,(H2,16,17,18). The normalized spacial score (nSPS) is 12.7. The van der Waals surface area contributed by atoms with Crippen molar-refractivity contribution >= 4 is 34.0 Å². The van der Waals surface area contributed by atoms with E-state index in [-0.39, 0.29) is 6.04 Å². The third kappa shape index (κ3) is 2.39. The predicted molar refractivity (Wildman–Crippen MR) is 79.4 cm³/mol. The van der Waals surface area contributed by atoms with E-state index in [0.29, 0.717) is 0 Å². The minimum atomic E-state index is 0.122. The zero-order valence-corrected chi connectivity index (χ0v) is 11.6. The van der Waals surface area contributed by atoms with Crippen molar-refractivity contribution in [2.45, 2.75) is 19.9 Å². The number of aromatic nitrogens is 3. The molecule has 0 saturated heterocycles. The number of nitrogen functional groups attached to an aromatic ring is 1. The summed E-state index contributed by atoms with van der Waals surface area (Å²) in [4.78, 5) is 12.2. The molecule has 5 nitrogen and oxygen atoms in total. The second-order valence-electron chi connectivity index (χ2n) is 4.56. The van der Waals surface area contributed by atoms with E-state index in [4.69, 9.17) is 5.73 Å². The molecule has 0 radical (unpaired) electrons. The lowest BCUT2D eigenvalue weighted by atomic mass is 10.3. The van der Waals surface area contributed by atoms with Crippen LogP contribution in [-0.4, -0.2) is 15.0 Å². The van der Waals surface area contributed by atoms with Crippen LogP contribution in [0.1, 0.15) is 23.7 Å². The highest BCUT2D eigenvalue weighted by molar-refractivity contribution is 7.09. The van der Waals surface area contributed by atoms with Crippen molar-refractivity contribution in [2.24, 2.45) is 0 Å². The zero-order valence-electron chi connectivity index (χ0n) is 10.8. The van der Waals surface area contributed by atoms with Crippen LogP contribution in [0.2, 0.25) is 0 Å². The van der Waals surface area contributed by atoms with Gasteiger partial charge in [-0.05, 0) is 32.0 Å². The summed E-state index contributed by atoms with van der Waals surface area (Å²) in [5.74, 6) is 0.737. The number of rotatable bonds is 3. The number of benzene rings is 1. The van der Waals surface area contributed by atoms with E-state index in [0.717, 1.165) is 33.4 Å². The topological polar surface area (TPSA) is 79.6 Å². The van der Waals surface area contributed by atoms with Crippen molar-refractivity contribution in [3.05, 3.63) is 34.3 Å². The van der Waals surface area contributed by atoms with Crippen LogP contribution in [0.5, 0.6) is 0 Å². The van der Waals surface area contributed by atoms with Gasteiger partial charge in [0.1, 0.15) is 5.01 Å². The molecule has 98 valence electrons. The van der Waals surface area contributed by atoms with Gasteiger partial charge < -0.3 is 16.0 Å². The Balaban J connectivity index is 1.85. The summed E-state index contributed by atoms with van der Waals surface area (Å²) < 4.78 is 0. The Morgan fingerprint density at radius 1 is 1.37 bits per heavy atom. The van der Waals surface area contributed by atoms with Crippen molar-refractivity contribution in [1.82, 2.24) is 15.0 Å². The lowest BCUT2D eigenvalue weighted by Crippen LogP contribution is -2.07. The number of fused-ring (bicyclic) bond motifs is 1. The van der Waals surface area contributed by atoms with Crippen molar-refractivity contribution in [2.75, 3.05) is 11.1 Å². The number of thiazole rings is 1. The number of aromatic amines is 1. The van der Waals surface area contributed by atoms with E-state index in [9.17, 15) is 0 Å². The second kappa shape index (κ2) is 4.55. The van der Waals surface area contributed by atoms with E-state index in [1.807, 2.05) is 30.5 Å². The van der Waals surface area contributed by atoms with Gasteiger partial charge in [0, 0.05) is 16.8 Å². The zero-order chi connectivity index (χ0) is 13.4. The summed E-state index contributed by atoms with van der Waals surface area (Å²) in [7, 11) is 0. The summed E-state index contributed by atoms with van der Waals surface area (Å²) in [5, 5.41) is 6.42. The summed E-state index contributed by atoms with van der Waals surface area (Å²) in [6.45, 7) is 4.07. The minimum absolute atomic E-state index is 0.122. The lowest BCUT2D eigenvalue weighted by Gasteiger charge is -2.09. The molecule has 0 aliphatic carbocycles. The molecule has 0 spiro atoms. The molecule has 3 aromatic rings. The fraction of sp³-hybridized carbons (Fsp3) is 0.231. The van der Waals surface area contributed by atoms with E-state index in [1.165, 1.54) is 0 Å². The van der Waals surface area contributed by atoms with Gasteiger partial charge in [0.25, 0.3) is 0 Å². The maximum absolute atomic E-state index is 5.75. The molecule has 6 heteroatoms. The molecule has 0 aliphatic heterocycles. The number of hydrogen-bond acceptors (Lipinski definition) is 5. The first-order valence-corrected chi connectivity index (χ1v) is 6.93. The van der Waals surface area contributed by atoms with Gasteiger partial charge >= 0.3 is 0 Å². The van der Waals surface area contributed by atoms with E-state index in [2.05, 4.69) is 27.2 Å². The molecule has 19 heavy (non-hydrogen) atoms. The Kier molecular flexibility index (Phi) is 2.87. The molecule has 2 aromatic heterocycles. The molecule has 0 bridgehead atoms. The number of anilines is 2. The second-order valence-corrected chi connectivity index (χ2v) is 5.44. The van der Waals surface area contributed by atoms with Crippen LogP contribution in [0.15, 0.2) is 23.6 Å². The summed E-state index contributed by atoms with van der Waals surface area (Å²) in [6, 6.07) is 5.76. The third-order valence-corrected chi connectivity index (χ3v) is 4.01. The highest BCUT2D eigenvalue weighted by atomic mass is 32.1. The smallest absolute Gasteiger partial charge is 0.201 e. The molecule has 1 atom stereocenters. The maximum atomic E-state index is 5.75. The SMILES string of the molecule is Cc1csc(C(C)Nc2nc3ccc(N)cc3[nH]2)n1. The summed E-state index contributed by atoms with van der Waals surface area (Å²) in [5.41, 5.74) is 9.36. The molecule has 0 fully saturated rings. The van der Waals surface area contributed by atoms with Gasteiger partial charge in [-0.2, -0.15) is 0 Å². The van der Waals surface area contributed by atoms with Crippen LogP contribution in [0.3, 0.4) is 0 Å². The summed E-state index contributed by atoms with van der Waals surface area (Å²) in [6.07, 6.45) is 0. The van der Waals surface area contributed by atoms with Gasteiger partial charge in [-0.3, -0.25) is 0 Å². The Bertz CT molecular complexity index is 715. The van der Waals surface area contributed by atoms with E-state index in [1.54, 1.807) is 11.3 Å². The molecule has 0 amide bonds. The van der Waals surface area contributed by atoms with Gasteiger partial charge in [-0.25, -0.2) is 9.97 Å². The highest BCUT2D eigenvalue weighted by Gasteiger charge is 2.11. The molecule has 1 aromatic carbocycles.